The van der Waals surface area contributed by atoms with Gasteiger partial charge < -0.3 is 20.8 Å². The smallest absolute Gasteiger partial charge is 0.322 e. The van der Waals surface area contributed by atoms with E-state index in [1.54, 1.807) is 18.2 Å². The van der Waals surface area contributed by atoms with E-state index in [0.717, 1.165) is 11.1 Å². The molecule has 0 aromatic heterocycles. The third kappa shape index (κ3) is 3.76. The molecule has 1 aromatic rings. The lowest BCUT2D eigenvalue weighted by atomic mass is 10.0. The van der Waals surface area contributed by atoms with Crippen molar-refractivity contribution in [2.45, 2.75) is 0 Å². The molecule has 1 heterocycles. The van der Waals surface area contributed by atoms with Crippen LogP contribution in [0.4, 0.5) is 0 Å². The molecule has 2 rings (SSSR count). The van der Waals surface area contributed by atoms with Crippen molar-refractivity contribution in [2.24, 2.45) is 0 Å². The number of carboxylic acid groups (broad SMARTS) is 1. The minimum atomic E-state index is -1.16. The molecular formula is C14H13ClN2O4. The number of halogens is 1. The fourth-order valence-electron chi connectivity index (χ4n) is 1.88. The molecule has 4 N–H and O–H groups in total. The van der Waals surface area contributed by atoms with Crippen LogP contribution < -0.4 is 10.6 Å². The zero-order valence-electron chi connectivity index (χ0n) is 10.9. The summed E-state index contributed by atoms with van der Waals surface area (Å²) in [4.78, 5) is 22.1. The van der Waals surface area contributed by atoms with E-state index in [-0.39, 0.29) is 11.5 Å². The molecule has 1 aliphatic rings. The van der Waals surface area contributed by atoms with Crippen LogP contribution in [0, 0.1) is 0 Å². The number of aliphatic carboxylic acids is 1. The molecule has 1 aromatic carbocycles. The van der Waals surface area contributed by atoms with Crippen molar-refractivity contribution in [3.8, 4) is 0 Å². The molecule has 6 nitrogen and oxygen atoms in total. The van der Waals surface area contributed by atoms with Crippen LogP contribution in [0.3, 0.4) is 0 Å². The van der Waals surface area contributed by atoms with Crippen LogP contribution in [0.15, 0.2) is 41.8 Å². The van der Waals surface area contributed by atoms with E-state index < -0.39 is 18.4 Å². The van der Waals surface area contributed by atoms with Crippen LogP contribution in [-0.4, -0.2) is 35.2 Å². The summed E-state index contributed by atoms with van der Waals surface area (Å²) >= 11 is 5.91. The van der Waals surface area contributed by atoms with E-state index in [0.29, 0.717) is 11.6 Å². The molecule has 1 amide bonds. The molecule has 0 saturated carbocycles. The van der Waals surface area contributed by atoms with E-state index in [4.69, 9.17) is 16.7 Å². The Morgan fingerprint density at radius 3 is 2.76 bits per heavy atom. The van der Waals surface area contributed by atoms with E-state index >= 15 is 0 Å². The van der Waals surface area contributed by atoms with Gasteiger partial charge in [0.05, 0.1) is 0 Å². The van der Waals surface area contributed by atoms with Crippen LogP contribution in [0.1, 0.15) is 5.56 Å². The van der Waals surface area contributed by atoms with Gasteiger partial charge in [-0.15, -0.1) is 0 Å². The molecule has 7 heteroatoms. The Bertz CT molecular complexity index is 652. The van der Waals surface area contributed by atoms with Crippen molar-refractivity contribution in [2.75, 3.05) is 13.1 Å². The first-order valence-corrected chi connectivity index (χ1v) is 6.49. The maximum Gasteiger partial charge on any atom is 0.322 e. The van der Waals surface area contributed by atoms with Crippen molar-refractivity contribution in [1.82, 2.24) is 10.6 Å². The molecule has 0 saturated heterocycles. The molecule has 0 radical (unpaired) electrons. The van der Waals surface area contributed by atoms with Gasteiger partial charge in [0.25, 0.3) is 5.91 Å². The monoisotopic (exact) mass is 308 g/mol. The average molecular weight is 309 g/mol. The summed E-state index contributed by atoms with van der Waals surface area (Å²) < 4.78 is 0. The predicted molar refractivity (Wildman–Crippen MR) is 77.7 cm³/mol. The summed E-state index contributed by atoms with van der Waals surface area (Å²) in [6.45, 7) is -0.192. The van der Waals surface area contributed by atoms with E-state index in [2.05, 4.69) is 10.6 Å². The second kappa shape index (κ2) is 6.32. The largest absolute Gasteiger partial charge is 0.506 e. The maximum absolute atomic E-state index is 11.7. The summed E-state index contributed by atoms with van der Waals surface area (Å²) in [6.07, 6.45) is 1.46. The van der Waals surface area contributed by atoms with Gasteiger partial charge in [-0.25, -0.2) is 0 Å². The standard InChI is InChI=1S/C14H13ClN2O4/c15-10-3-1-2-8(4-10)9-5-11(18)13(16-6-9)14(21)17-7-12(19)20/h1-5,16,18H,6-7H2,(H,17,21)(H,19,20). The molecule has 0 fully saturated rings. The van der Waals surface area contributed by atoms with Crippen LogP contribution in [-0.2, 0) is 9.59 Å². The van der Waals surface area contributed by atoms with Gasteiger partial charge in [-0.1, -0.05) is 23.7 Å². The molecule has 21 heavy (non-hydrogen) atoms. The molecule has 0 atom stereocenters. The van der Waals surface area contributed by atoms with Gasteiger partial charge >= 0.3 is 5.97 Å². The molecule has 1 aliphatic heterocycles. The molecule has 110 valence electrons. The minimum absolute atomic E-state index is 0.0537. The Morgan fingerprint density at radius 1 is 1.38 bits per heavy atom. The van der Waals surface area contributed by atoms with Crippen LogP contribution in [0.5, 0.6) is 0 Å². The number of carboxylic acids is 1. The topological polar surface area (TPSA) is 98.7 Å². The Balaban J connectivity index is 2.19. The fraction of sp³-hybridized carbons (Fsp3) is 0.143. The predicted octanol–water partition coefficient (Wildman–Crippen LogP) is 1.30. The zero-order chi connectivity index (χ0) is 15.4. The van der Waals surface area contributed by atoms with Gasteiger partial charge in [-0.3, -0.25) is 9.59 Å². The lowest BCUT2D eigenvalue weighted by Crippen LogP contribution is -2.37. The highest BCUT2D eigenvalue weighted by Crippen LogP contribution is 2.22. The molecule has 0 bridgehead atoms. The highest BCUT2D eigenvalue weighted by molar-refractivity contribution is 6.30. The van der Waals surface area contributed by atoms with Crippen LogP contribution in [0.2, 0.25) is 5.02 Å². The van der Waals surface area contributed by atoms with Crippen molar-refractivity contribution >= 4 is 29.1 Å². The number of carbonyl (C=O) groups is 2. The van der Waals surface area contributed by atoms with Gasteiger partial charge in [0.1, 0.15) is 18.0 Å². The number of benzene rings is 1. The molecule has 0 spiro atoms. The third-order valence-electron chi connectivity index (χ3n) is 2.85. The molecular weight excluding hydrogens is 296 g/mol. The van der Waals surface area contributed by atoms with Crippen molar-refractivity contribution in [3.63, 3.8) is 0 Å². The lowest BCUT2D eigenvalue weighted by molar-refractivity contribution is -0.137. The van der Waals surface area contributed by atoms with Gasteiger partial charge in [0.15, 0.2) is 0 Å². The second-order valence-corrected chi connectivity index (χ2v) is 4.81. The summed E-state index contributed by atoms with van der Waals surface area (Å²) in [5, 5.41) is 23.9. The van der Waals surface area contributed by atoms with Gasteiger partial charge in [-0.2, -0.15) is 0 Å². The number of carbonyl (C=O) groups excluding carboxylic acids is 1. The highest BCUT2D eigenvalue weighted by atomic mass is 35.5. The van der Waals surface area contributed by atoms with Crippen molar-refractivity contribution in [1.29, 1.82) is 0 Å². The Morgan fingerprint density at radius 2 is 2.14 bits per heavy atom. The molecule has 0 unspecified atom stereocenters. The summed E-state index contributed by atoms with van der Waals surface area (Å²) in [5.74, 6) is -2.08. The van der Waals surface area contributed by atoms with Gasteiger partial charge in [0.2, 0.25) is 0 Å². The van der Waals surface area contributed by atoms with E-state index in [1.807, 2.05) is 6.07 Å². The highest BCUT2D eigenvalue weighted by Gasteiger charge is 2.20. The number of amides is 1. The number of hydrogen-bond acceptors (Lipinski definition) is 4. The first-order chi connectivity index (χ1) is 9.97. The van der Waals surface area contributed by atoms with Crippen LogP contribution >= 0.6 is 11.6 Å². The zero-order valence-corrected chi connectivity index (χ0v) is 11.6. The number of nitrogens with one attached hydrogen (secondary N) is 2. The number of aliphatic hydroxyl groups excluding tert-OH is 1. The van der Waals surface area contributed by atoms with E-state index in [9.17, 15) is 14.7 Å². The number of rotatable bonds is 4. The van der Waals surface area contributed by atoms with Gasteiger partial charge in [-0.05, 0) is 29.3 Å². The average Bonchev–Trinajstić information content (AvgIpc) is 2.44. The Labute approximate surface area is 125 Å². The molecule has 0 aliphatic carbocycles. The third-order valence-corrected chi connectivity index (χ3v) is 3.08. The fourth-order valence-corrected chi connectivity index (χ4v) is 2.07. The van der Waals surface area contributed by atoms with E-state index in [1.165, 1.54) is 6.08 Å². The summed E-state index contributed by atoms with van der Waals surface area (Å²) in [5.41, 5.74) is 1.54. The Kier molecular flexibility index (Phi) is 4.49. The maximum atomic E-state index is 11.7. The Hall–Kier alpha value is -2.47. The van der Waals surface area contributed by atoms with Crippen molar-refractivity contribution < 1.29 is 19.8 Å². The number of allylic oxidation sites excluding steroid dienone is 1. The number of hydrogen-bond donors (Lipinski definition) is 4. The normalized spacial score (nSPS) is 14.2. The lowest BCUT2D eigenvalue weighted by Gasteiger charge is -2.19. The summed E-state index contributed by atoms with van der Waals surface area (Å²) in [6, 6.07) is 7.11. The first-order valence-electron chi connectivity index (χ1n) is 6.11. The minimum Gasteiger partial charge on any atom is -0.506 e. The number of dihydropyridines is 1. The SMILES string of the molecule is O=C(O)CNC(=O)C1=C(O)C=C(c2cccc(Cl)c2)CN1. The first kappa shape index (κ1) is 14.9. The summed E-state index contributed by atoms with van der Waals surface area (Å²) in [7, 11) is 0. The number of aliphatic hydroxyl groups is 1. The second-order valence-electron chi connectivity index (χ2n) is 4.37. The van der Waals surface area contributed by atoms with Crippen molar-refractivity contribution in [3.05, 3.63) is 52.4 Å². The van der Waals surface area contributed by atoms with Crippen LogP contribution in [0.25, 0.3) is 5.57 Å². The van der Waals surface area contributed by atoms with Gasteiger partial charge in [0, 0.05) is 11.6 Å². The quantitative estimate of drug-likeness (QED) is 0.672.